The first-order chi connectivity index (χ1) is 8.65. The Morgan fingerprint density at radius 1 is 1.61 bits per heavy atom. The molecule has 1 unspecified atom stereocenters. The molecule has 1 saturated heterocycles. The van der Waals surface area contributed by atoms with E-state index in [-0.39, 0.29) is 18.6 Å². The molecule has 3 N–H and O–H groups in total. The van der Waals surface area contributed by atoms with E-state index in [1.54, 1.807) is 11.0 Å². The highest BCUT2D eigenvalue weighted by Crippen LogP contribution is 2.20. The molecule has 0 bridgehead atoms. The van der Waals surface area contributed by atoms with Crippen LogP contribution in [0.1, 0.15) is 15.9 Å². The SMILES string of the molecule is Cc1cccc(C(=O)N2CCOCC2CO)c1N. The van der Waals surface area contributed by atoms with Crippen LogP contribution in [0, 0.1) is 6.92 Å². The minimum Gasteiger partial charge on any atom is -0.398 e. The lowest BCUT2D eigenvalue weighted by molar-refractivity contribution is -0.0183. The molecule has 0 spiro atoms. The zero-order chi connectivity index (χ0) is 13.1. The van der Waals surface area contributed by atoms with Crippen LogP contribution >= 0.6 is 0 Å². The summed E-state index contributed by atoms with van der Waals surface area (Å²) in [7, 11) is 0. The van der Waals surface area contributed by atoms with Gasteiger partial charge in [-0.05, 0) is 18.6 Å². The molecule has 0 saturated carbocycles. The molecule has 2 rings (SSSR count). The van der Waals surface area contributed by atoms with Crippen LogP contribution in [0.3, 0.4) is 0 Å². The van der Waals surface area contributed by atoms with E-state index in [0.717, 1.165) is 5.56 Å². The Morgan fingerprint density at radius 3 is 3.11 bits per heavy atom. The largest absolute Gasteiger partial charge is 0.398 e. The van der Waals surface area contributed by atoms with Crippen molar-refractivity contribution in [2.24, 2.45) is 0 Å². The lowest BCUT2D eigenvalue weighted by Gasteiger charge is -2.34. The Balaban J connectivity index is 2.27. The number of nitrogens with zero attached hydrogens (tertiary/aromatic N) is 1. The van der Waals surface area contributed by atoms with Crippen molar-refractivity contribution < 1.29 is 14.6 Å². The van der Waals surface area contributed by atoms with E-state index in [0.29, 0.717) is 31.0 Å². The molecule has 0 aromatic heterocycles. The fourth-order valence-corrected chi connectivity index (χ4v) is 2.10. The van der Waals surface area contributed by atoms with Gasteiger partial charge in [0.05, 0.1) is 31.4 Å². The van der Waals surface area contributed by atoms with Crippen molar-refractivity contribution in [2.75, 3.05) is 32.1 Å². The molecule has 5 heteroatoms. The van der Waals surface area contributed by atoms with E-state index in [1.807, 2.05) is 19.1 Å². The topological polar surface area (TPSA) is 75.8 Å². The van der Waals surface area contributed by atoms with Gasteiger partial charge in [0.1, 0.15) is 0 Å². The third-order valence-electron chi connectivity index (χ3n) is 3.25. The number of hydrogen-bond donors (Lipinski definition) is 2. The molecule has 18 heavy (non-hydrogen) atoms. The highest BCUT2D eigenvalue weighted by atomic mass is 16.5. The maximum atomic E-state index is 12.4. The summed E-state index contributed by atoms with van der Waals surface area (Å²) in [4.78, 5) is 14.1. The van der Waals surface area contributed by atoms with E-state index in [4.69, 9.17) is 10.5 Å². The van der Waals surface area contributed by atoms with Gasteiger partial charge in [0.15, 0.2) is 0 Å². The average molecular weight is 250 g/mol. The standard InChI is InChI=1S/C13H18N2O3/c1-9-3-2-4-11(12(9)14)13(17)15-5-6-18-8-10(15)7-16/h2-4,10,16H,5-8,14H2,1H3. The number of ether oxygens (including phenoxy) is 1. The number of aliphatic hydroxyl groups is 1. The number of hydrogen-bond acceptors (Lipinski definition) is 4. The Hall–Kier alpha value is -1.59. The molecule has 5 nitrogen and oxygen atoms in total. The molecule has 0 radical (unpaired) electrons. The van der Waals surface area contributed by atoms with Gasteiger partial charge < -0.3 is 20.5 Å². The van der Waals surface area contributed by atoms with E-state index < -0.39 is 0 Å². The van der Waals surface area contributed by atoms with E-state index >= 15 is 0 Å². The van der Waals surface area contributed by atoms with Gasteiger partial charge >= 0.3 is 0 Å². The van der Waals surface area contributed by atoms with E-state index in [9.17, 15) is 9.90 Å². The second-order valence-corrected chi connectivity index (χ2v) is 4.45. The molecule has 1 fully saturated rings. The molecule has 1 aromatic carbocycles. The number of nitrogen functional groups attached to an aromatic ring is 1. The molecule has 1 amide bonds. The van der Waals surface area contributed by atoms with Crippen LogP contribution in [0.25, 0.3) is 0 Å². The molecule has 0 aliphatic carbocycles. The first-order valence-electron chi connectivity index (χ1n) is 5.99. The van der Waals surface area contributed by atoms with Crippen molar-refractivity contribution in [2.45, 2.75) is 13.0 Å². The number of nitrogens with two attached hydrogens (primary N) is 1. The third-order valence-corrected chi connectivity index (χ3v) is 3.25. The van der Waals surface area contributed by atoms with Gasteiger partial charge in [-0.15, -0.1) is 0 Å². The van der Waals surface area contributed by atoms with E-state index in [1.165, 1.54) is 0 Å². The Morgan fingerprint density at radius 2 is 2.39 bits per heavy atom. The van der Waals surface area contributed by atoms with Crippen LogP contribution < -0.4 is 5.73 Å². The van der Waals surface area contributed by atoms with Crippen molar-refractivity contribution in [3.63, 3.8) is 0 Å². The quantitative estimate of drug-likeness (QED) is 0.745. The van der Waals surface area contributed by atoms with Crippen LogP contribution in [0.5, 0.6) is 0 Å². The van der Waals surface area contributed by atoms with Gasteiger partial charge in [0.2, 0.25) is 0 Å². The average Bonchev–Trinajstić information content (AvgIpc) is 2.41. The molecule has 1 aliphatic heterocycles. The summed E-state index contributed by atoms with van der Waals surface area (Å²) in [6.07, 6.45) is 0. The predicted octanol–water partition coefficient (Wildman–Crippen LogP) is 0.411. The lowest BCUT2D eigenvalue weighted by Crippen LogP contribution is -2.50. The first kappa shape index (κ1) is 12.9. The summed E-state index contributed by atoms with van der Waals surface area (Å²) < 4.78 is 5.26. The number of para-hydroxylation sites is 1. The summed E-state index contributed by atoms with van der Waals surface area (Å²) in [5.74, 6) is -0.140. The Kier molecular flexibility index (Phi) is 3.84. The fraction of sp³-hybridized carbons (Fsp3) is 0.462. The zero-order valence-electron chi connectivity index (χ0n) is 10.4. The molecular formula is C13H18N2O3. The summed E-state index contributed by atoms with van der Waals surface area (Å²) in [5, 5.41) is 9.28. The van der Waals surface area contributed by atoms with Crippen molar-refractivity contribution in [1.29, 1.82) is 0 Å². The highest BCUT2D eigenvalue weighted by molar-refractivity contribution is 6.00. The number of carbonyl (C=O) groups is 1. The minimum absolute atomic E-state index is 0.0997. The fourth-order valence-electron chi connectivity index (χ4n) is 2.10. The summed E-state index contributed by atoms with van der Waals surface area (Å²) in [6.45, 7) is 3.12. The van der Waals surface area contributed by atoms with Gasteiger partial charge in [-0.1, -0.05) is 12.1 Å². The third kappa shape index (κ3) is 2.32. The van der Waals surface area contributed by atoms with Crippen LogP contribution in [0.15, 0.2) is 18.2 Å². The summed E-state index contributed by atoms with van der Waals surface area (Å²) in [5.41, 5.74) is 7.82. The molecule has 1 aliphatic rings. The number of aryl methyl sites for hydroxylation is 1. The van der Waals surface area contributed by atoms with Gasteiger partial charge in [-0.25, -0.2) is 0 Å². The van der Waals surface area contributed by atoms with Crippen LogP contribution in [0.4, 0.5) is 5.69 Å². The highest BCUT2D eigenvalue weighted by Gasteiger charge is 2.28. The van der Waals surface area contributed by atoms with Crippen molar-refractivity contribution in [3.05, 3.63) is 29.3 Å². The zero-order valence-corrected chi connectivity index (χ0v) is 10.4. The predicted molar refractivity (Wildman–Crippen MR) is 68.3 cm³/mol. The normalized spacial score (nSPS) is 19.9. The van der Waals surface area contributed by atoms with Gasteiger partial charge in [-0.3, -0.25) is 4.79 Å². The number of benzene rings is 1. The second-order valence-electron chi connectivity index (χ2n) is 4.45. The van der Waals surface area contributed by atoms with Crippen LogP contribution in [0.2, 0.25) is 0 Å². The Labute approximate surface area is 106 Å². The minimum atomic E-state index is -0.286. The summed E-state index contributed by atoms with van der Waals surface area (Å²) >= 11 is 0. The lowest BCUT2D eigenvalue weighted by atomic mass is 10.1. The maximum absolute atomic E-state index is 12.4. The number of morpholine rings is 1. The molecule has 98 valence electrons. The van der Waals surface area contributed by atoms with Crippen LogP contribution in [-0.4, -0.2) is 48.3 Å². The number of aliphatic hydroxyl groups excluding tert-OH is 1. The van der Waals surface area contributed by atoms with Gasteiger partial charge in [-0.2, -0.15) is 0 Å². The number of rotatable bonds is 2. The number of anilines is 1. The van der Waals surface area contributed by atoms with Crippen LogP contribution in [-0.2, 0) is 4.74 Å². The molecular weight excluding hydrogens is 232 g/mol. The maximum Gasteiger partial charge on any atom is 0.256 e. The van der Waals surface area contributed by atoms with Gasteiger partial charge in [0.25, 0.3) is 5.91 Å². The second kappa shape index (κ2) is 5.37. The molecule has 1 heterocycles. The number of carbonyl (C=O) groups excluding carboxylic acids is 1. The Bertz CT molecular complexity index is 448. The molecule has 1 atom stereocenters. The van der Waals surface area contributed by atoms with Gasteiger partial charge in [0, 0.05) is 12.2 Å². The first-order valence-corrected chi connectivity index (χ1v) is 5.99. The van der Waals surface area contributed by atoms with Crippen molar-refractivity contribution >= 4 is 11.6 Å². The monoisotopic (exact) mass is 250 g/mol. The summed E-state index contributed by atoms with van der Waals surface area (Å²) in [6, 6.07) is 5.11. The van der Waals surface area contributed by atoms with E-state index in [2.05, 4.69) is 0 Å². The van der Waals surface area contributed by atoms with Crippen molar-refractivity contribution in [1.82, 2.24) is 4.90 Å². The number of amides is 1. The van der Waals surface area contributed by atoms with Crippen molar-refractivity contribution in [3.8, 4) is 0 Å². The smallest absolute Gasteiger partial charge is 0.256 e. The molecule has 1 aromatic rings.